The summed E-state index contributed by atoms with van der Waals surface area (Å²) in [5.74, 6) is -0.566. The third-order valence-electron chi connectivity index (χ3n) is 3.48. The second-order valence-corrected chi connectivity index (χ2v) is 6.15. The van der Waals surface area contributed by atoms with E-state index >= 15 is 0 Å². The second-order valence-electron chi connectivity index (χ2n) is 5.30. The van der Waals surface area contributed by atoms with Gasteiger partial charge in [0, 0.05) is 16.8 Å². The zero-order chi connectivity index (χ0) is 18.5. The number of rotatable bonds is 4. The molecule has 0 aliphatic heterocycles. The van der Waals surface area contributed by atoms with E-state index in [1.165, 1.54) is 12.1 Å². The van der Waals surface area contributed by atoms with Gasteiger partial charge in [-0.25, -0.2) is 4.68 Å². The van der Waals surface area contributed by atoms with Crippen LogP contribution in [0.1, 0.15) is 5.56 Å². The summed E-state index contributed by atoms with van der Waals surface area (Å²) in [4.78, 5) is 12.3. The molecule has 1 aromatic heterocycles. The molecule has 0 bridgehead atoms. The summed E-state index contributed by atoms with van der Waals surface area (Å²) in [5.41, 5.74) is 1.82. The molecule has 0 fully saturated rings. The van der Waals surface area contributed by atoms with Crippen molar-refractivity contribution in [1.82, 2.24) is 9.78 Å². The Bertz CT molecular complexity index is 1020. The lowest BCUT2D eigenvalue weighted by molar-refractivity contribution is -0.112. The number of nitriles is 1. The molecule has 0 saturated heterocycles. The Labute approximate surface area is 160 Å². The van der Waals surface area contributed by atoms with Gasteiger partial charge in [0.05, 0.1) is 22.6 Å². The number of benzene rings is 2. The van der Waals surface area contributed by atoms with Gasteiger partial charge in [-0.1, -0.05) is 41.4 Å². The Morgan fingerprint density at radius 1 is 1.19 bits per heavy atom. The largest absolute Gasteiger partial charge is 0.320 e. The zero-order valence-corrected chi connectivity index (χ0v) is 14.9. The lowest BCUT2D eigenvalue weighted by Gasteiger charge is -2.06. The molecule has 0 saturated carbocycles. The van der Waals surface area contributed by atoms with Crippen molar-refractivity contribution < 1.29 is 4.79 Å². The summed E-state index contributed by atoms with van der Waals surface area (Å²) >= 11 is 11.9. The molecule has 2 aromatic carbocycles. The maximum Gasteiger partial charge on any atom is 0.266 e. The van der Waals surface area contributed by atoms with Crippen LogP contribution in [0, 0.1) is 11.3 Å². The number of anilines is 1. The smallest absolute Gasteiger partial charge is 0.266 e. The maximum absolute atomic E-state index is 12.3. The van der Waals surface area contributed by atoms with Gasteiger partial charge in [-0.3, -0.25) is 4.79 Å². The first-order valence-corrected chi connectivity index (χ1v) is 8.31. The highest BCUT2D eigenvalue weighted by Gasteiger charge is 2.12. The highest BCUT2D eigenvalue weighted by atomic mass is 35.5. The topological polar surface area (TPSA) is 70.7 Å². The molecule has 0 aliphatic carbocycles. The lowest BCUT2D eigenvalue weighted by atomic mass is 10.2. The molecule has 5 nitrogen and oxygen atoms in total. The van der Waals surface area contributed by atoms with Crippen LogP contribution in [0.2, 0.25) is 10.0 Å². The monoisotopic (exact) mass is 382 g/mol. The van der Waals surface area contributed by atoms with Crippen LogP contribution in [0.25, 0.3) is 11.8 Å². The zero-order valence-electron chi connectivity index (χ0n) is 13.4. The molecular formula is C19H12Cl2N4O. The van der Waals surface area contributed by atoms with E-state index in [2.05, 4.69) is 10.4 Å². The third kappa shape index (κ3) is 4.12. The number of amides is 1. The molecule has 0 aliphatic rings. The predicted molar refractivity (Wildman–Crippen MR) is 102 cm³/mol. The molecule has 0 atom stereocenters. The maximum atomic E-state index is 12.3. The van der Waals surface area contributed by atoms with E-state index in [1.807, 2.05) is 36.4 Å². The van der Waals surface area contributed by atoms with Gasteiger partial charge in [0.1, 0.15) is 11.6 Å². The van der Waals surface area contributed by atoms with Gasteiger partial charge in [0.2, 0.25) is 0 Å². The van der Waals surface area contributed by atoms with Crippen molar-refractivity contribution in [2.75, 3.05) is 5.32 Å². The van der Waals surface area contributed by atoms with Gasteiger partial charge < -0.3 is 5.32 Å². The summed E-state index contributed by atoms with van der Waals surface area (Å²) in [6, 6.07) is 16.1. The molecule has 0 spiro atoms. The quantitative estimate of drug-likeness (QED) is 0.523. The Hall–Kier alpha value is -3.07. The average molecular weight is 383 g/mol. The number of nitrogens with zero attached hydrogens (tertiary/aromatic N) is 3. The molecule has 7 heteroatoms. The Kier molecular flexibility index (Phi) is 5.37. The highest BCUT2D eigenvalue weighted by molar-refractivity contribution is 6.36. The van der Waals surface area contributed by atoms with Crippen molar-refractivity contribution in [3.63, 3.8) is 0 Å². The summed E-state index contributed by atoms with van der Waals surface area (Å²) in [6.07, 6.45) is 4.77. The van der Waals surface area contributed by atoms with E-state index in [0.29, 0.717) is 21.3 Å². The molecular weight excluding hydrogens is 371 g/mol. The van der Waals surface area contributed by atoms with Crippen LogP contribution in [-0.4, -0.2) is 15.7 Å². The fraction of sp³-hybridized carbons (Fsp3) is 0. The van der Waals surface area contributed by atoms with Crippen LogP contribution in [0.3, 0.4) is 0 Å². The Morgan fingerprint density at radius 2 is 1.96 bits per heavy atom. The highest BCUT2D eigenvalue weighted by Crippen LogP contribution is 2.25. The first kappa shape index (κ1) is 17.7. The van der Waals surface area contributed by atoms with Crippen LogP contribution < -0.4 is 5.32 Å². The Balaban J connectivity index is 1.81. The van der Waals surface area contributed by atoms with Gasteiger partial charge in [0.25, 0.3) is 5.91 Å². The molecule has 1 N–H and O–H groups in total. The molecule has 26 heavy (non-hydrogen) atoms. The second kappa shape index (κ2) is 7.87. The normalized spacial score (nSPS) is 11.0. The van der Waals surface area contributed by atoms with Crippen molar-refractivity contribution in [3.8, 4) is 11.8 Å². The van der Waals surface area contributed by atoms with Gasteiger partial charge in [-0.15, -0.1) is 0 Å². The van der Waals surface area contributed by atoms with E-state index < -0.39 is 5.91 Å². The number of para-hydroxylation sites is 1. The van der Waals surface area contributed by atoms with Crippen molar-refractivity contribution in [2.45, 2.75) is 0 Å². The van der Waals surface area contributed by atoms with Crippen LogP contribution in [-0.2, 0) is 4.79 Å². The summed E-state index contributed by atoms with van der Waals surface area (Å²) in [5, 5.41) is 16.9. The molecule has 128 valence electrons. The minimum Gasteiger partial charge on any atom is -0.320 e. The average Bonchev–Trinajstić information content (AvgIpc) is 3.11. The van der Waals surface area contributed by atoms with E-state index in [1.54, 1.807) is 29.2 Å². The van der Waals surface area contributed by atoms with E-state index in [4.69, 9.17) is 23.2 Å². The number of aromatic nitrogens is 2. The first-order valence-electron chi connectivity index (χ1n) is 7.55. The van der Waals surface area contributed by atoms with E-state index in [9.17, 15) is 10.1 Å². The van der Waals surface area contributed by atoms with E-state index in [0.717, 1.165) is 5.69 Å². The molecule has 0 radical (unpaired) electrons. The first-order chi connectivity index (χ1) is 12.6. The number of nitrogens with one attached hydrogen (secondary N) is 1. The minimum absolute atomic E-state index is 0.0661. The van der Waals surface area contributed by atoms with Crippen LogP contribution in [0.5, 0.6) is 0 Å². The molecule has 1 amide bonds. The van der Waals surface area contributed by atoms with E-state index in [-0.39, 0.29) is 5.57 Å². The molecule has 3 rings (SSSR count). The van der Waals surface area contributed by atoms with Crippen molar-refractivity contribution >= 4 is 40.9 Å². The SMILES string of the molecule is N#C/C(=C\c1cnn(-c2ccccc2)c1)C(=O)Nc1ccc(Cl)cc1Cl. The molecule has 0 unspecified atom stereocenters. The van der Waals surface area contributed by atoms with Gasteiger partial charge >= 0.3 is 0 Å². The van der Waals surface area contributed by atoms with Crippen molar-refractivity contribution in [1.29, 1.82) is 5.26 Å². The number of halogens is 2. The molecule has 3 aromatic rings. The molecule has 1 heterocycles. The van der Waals surface area contributed by atoms with Gasteiger partial charge in [-0.2, -0.15) is 10.4 Å². The minimum atomic E-state index is -0.566. The van der Waals surface area contributed by atoms with Gasteiger partial charge in [0.15, 0.2) is 0 Å². The standard InChI is InChI=1S/C19H12Cl2N4O/c20-15-6-7-18(17(21)9-15)24-19(26)14(10-22)8-13-11-23-25(12-13)16-4-2-1-3-5-16/h1-9,11-12H,(H,24,26)/b14-8+. The summed E-state index contributed by atoms with van der Waals surface area (Å²) in [6.45, 7) is 0. The number of hydrogen-bond acceptors (Lipinski definition) is 3. The summed E-state index contributed by atoms with van der Waals surface area (Å²) < 4.78 is 1.66. The van der Waals surface area contributed by atoms with Crippen LogP contribution in [0.15, 0.2) is 66.5 Å². The Morgan fingerprint density at radius 3 is 2.65 bits per heavy atom. The van der Waals surface area contributed by atoms with Crippen molar-refractivity contribution in [3.05, 3.63) is 82.1 Å². The number of hydrogen-bond donors (Lipinski definition) is 1. The van der Waals surface area contributed by atoms with Crippen LogP contribution >= 0.6 is 23.2 Å². The van der Waals surface area contributed by atoms with Crippen molar-refractivity contribution in [2.24, 2.45) is 0 Å². The summed E-state index contributed by atoms with van der Waals surface area (Å²) in [7, 11) is 0. The third-order valence-corrected chi connectivity index (χ3v) is 4.03. The van der Waals surface area contributed by atoms with Gasteiger partial charge in [-0.05, 0) is 36.4 Å². The predicted octanol–water partition coefficient (Wildman–Crippen LogP) is 4.72. The fourth-order valence-corrected chi connectivity index (χ4v) is 2.68. The van der Waals surface area contributed by atoms with Crippen LogP contribution in [0.4, 0.5) is 5.69 Å². The number of carbonyl (C=O) groups excluding carboxylic acids is 1. The number of carbonyl (C=O) groups is 1. The fourth-order valence-electron chi connectivity index (χ4n) is 2.23. The lowest BCUT2D eigenvalue weighted by Crippen LogP contribution is -2.13.